The van der Waals surface area contributed by atoms with Gasteiger partial charge >= 0.3 is 0 Å². The van der Waals surface area contributed by atoms with Gasteiger partial charge in [-0.15, -0.1) is 0 Å². The van der Waals surface area contributed by atoms with Gasteiger partial charge in [-0.25, -0.2) is 0 Å². The highest BCUT2D eigenvalue weighted by molar-refractivity contribution is 6.12. The molecule has 58 heavy (non-hydrogen) atoms. The highest BCUT2D eigenvalue weighted by atomic mass is 16.5. The number of aryl methyl sites for hydroxylation is 2. The molecule has 1 N–H and O–H groups in total. The van der Waals surface area contributed by atoms with Gasteiger partial charge in [-0.05, 0) is 124 Å². The van der Waals surface area contributed by atoms with Crippen molar-refractivity contribution in [3.63, 3.8) is 0 Å². The lowest BCUT2D eigenvalue weighted by Crippen LogP contribution is -2.28. The Hall–Kier alpha value is -6.37. The van der Waals surface area contributed by atoms with E-state index in [4.69, 9.17) is 23.9 Å². The molecule has 0 spiro atoms. The van der Waals surface area contributed by atoms with Crippen molar-refractivity contribution in [3.05, 3.63) is 189 Å². The zero-order valence-corrected chi connectivity index (χ0v) is 33.8. The SMILES string of the molecule is COc1cc2c(cc1OCc1ccccc1)CCN=C2/C=C/c1ccc(-c2cccc(COc3cc4c(cc3OC)C(/C=C/c3ccccc3C)NCC4)c2)cc1C. The molecule has 2 heterocycles. The topological polar surface area (TPSA) is 61.3 Å². The van der Waals surface area contributed by atoms with Gasteiger partial charge in [0.25, 0.3) is 0 Å². The van der Waals surface area contributed by atoms with Crippen LogP contribution >= 0.6 is 0 Å². The molecule has 0 saturated carbocycles. The summed E-state index contributed by atoms with van der Waals surface area (Å²) in [5, 5.41) is 3.66. The summed E-state index contributed by atoms with van der Waals surface area (Å²) in [7, 11) is 3.40. The lowest BCUT2D eigenvalue weighted by Gasteiger charge is -2.26. The van der Waals surface area contributed by atoms with Gasteiger partial charge in [0.2, 0.25) is 0 Å². The number of aliphatic imine (C=N–C) groups is 1. The summed E-state index contributed by atoms with van der Waals surface area (Å²) in [6.45, 7) is 6.87. The second-order valence-electron chi connectivity index (χ2n) is 14.9. The predicted molar refractivity (Wildman–Crippen MR) is 237 cm³/mol. The molecule has 0 amide bonds. The van der Waals surface area contributed by atoms with Crippen LogP contribution in [0.5, 0.6) is 23.0 Å². The molecular weight excluding hydrogens is 717 g/mol. The minimum absolute atomic E-state index is 0.106. The van der Waals surface area contributed by atoms with Crippen molar-refractivity contribution >= 4 is 17.9 Å². The van der Waals surface area contributed by atoms with E-state index in [1.165, 1.54) is 33.4 Å². The monoisotopic (exact) mass is 766 g/mol. The van der Waals surface area contributed by atoms with Gasteiger partial charge in [0.15, 0.2) is 23.0 Å². The second-order valence-corrected chi connectivity index (χ2v) is 14.9. The third kappa shape index (κ3) is 8.78. The summed E-state index contributed by atoms with van der Waals surface area (Å²) in [5.41, 5.74) is 15.1. The van der Waals surface area contributed by atoms with Gasteiger partial charge in [0, 0.05) is 18.7 Å². The molecule has 6 nitrogen and oxygen atoms in total. The van der Waals surface area contributed by atoms with Gasteiger partial charge in [0.05, 0.1) is 26.0 Å². The zero-order valence-electron chi connectivity index (χ0n) is 33.8. The summed E-state index contributed by atoms with van der Waals surface area (Å²) in [6.07, 6.45) is 10.5. The Kier molecular flexibility index (Phi) is 11.8. The molecule has 0 radical (unpaired) electrons. The standard InChI is InChI=1S/C52H50N2O4/c1-35-11-8-9-15-39(35)19-21-47-45-32-50(56-4)52(30-44(45)24-25-53-47)58-34-38-14-10-16-41(28-38)42-18-17-40(36(2)27-42)20-22-48-46-31-49(55-3)51(29-43(46)23-26-54-48)57-33-37-12-6-5-7-13-37/h5-22,27-32,47,53H,23-26,33-34H2,1-4H3/b21-19+,22-20+. The van der Waals surface area contributed by atoms with Gasteiger partial charge < -0.3 is 24.3 Å². The molecule has 0 saturated heterocycles. The van der Waals surface area contributed by atoms with Crippen LogP contribution < -0.4 is 24.3 Å². The highest BCUT2D eigenvalue weighted by Gasteiger charge is 2.22. The van der Waals surface area contributed by atoms with Gasteiger partial charge in [-0.2, -0.15) is 0 Å². The molecule has 0 aliphatic carbocycles. The van der Waals surface area contributed by atoms with Crippen LogP contribution in [0.2, 0.25) is 0 Å². The molecule has 1 unspecified atom stereocenters. The third-order valence-corrected chi connectivity index (χ3v) is 11.1. The van der Waals surface area contributed by atoms with E-state index in [1.54, 1.807) is 14.2 Å². The number of rotatable bonds is 13. The predicted octanol–water partition coefficient (Wildman–Crippen LogP) is 11.1. The fraction of sp³-hybridized carbons (Fsp3) is 0.212. The molecule has 292 valence electrons. The maximum atomic E-state index is 6.46. The van der Waals surface area contributed by atoms with Crippen LogP contribution in [0.25, 0.3) is 23.3 Å². The number of hydrogen-bond acceptors (Lipinski definition) is 6. The molecule has 6 aromatic carbocycles. The number of fused-ring (bicyclic) bond motifs is 2. The first-order chi connectivity index (χ1) is 28.4. The van der Waals surface area contributed by atoms with Crippen molar-refractivity contribution in [1.29, 1.82) is 0 Å². The van der Waals surface area contributed by atoms with Crippen molar-refractivity contribution in [1.82, 2.24) is 5.32 Å². The molecule has 0 bridgehead atoms. The van der Waals surface area contributed by atoms with E-state index < -0.39 is 0 Å². The Balaban J connectivity index is 0.940. The van der Waals surface area contributed by atoms with E-state index in [9.17, 15) is 0 Å². The van der Waals surface area contributed by atoms with Crippen LogP contribution in [0, 0.1) is 13.8 Å². The number of allylic oxidation sites excluding steroid dienone is 1. The van der Waals surface area contributed by atoms with Crippen molar-refractivity contribution in [2.45, 2.75) is 45.9 Å². The molecule has 6 aromatic rings. The number of nitrogens with one attached hydrogen (secondary N) is 1. The fourth-order valence-electron chi connectivity index (χ4n) is 7.81. The summed E-state index contributed by atoms with van der Waals surface area (Å²) in [4.78, 5) is 4.89. The van der Waals surface area contributed by atoms with Crippen LogP contribution in [0.15, 0.2) is 138 Å². The van der Waals surface area contributed by atoms with Crippen LogP contribution in [-0.4, -0.2) is 33.0 Å². The van der Waals surface area contributed by atoms with E-state index in [0.717, 1.165) is 82.3 Å². The third-order valence-electron chi connectivity index (χ3n) is 11.1. The Morgan fingerprint density at radius 3 is 2.10 bits per heavy atom. The molecule has 6 heteroatoms. The molecule has 2 aliphatic heterocycles. The van der Waals surface area contributed by atoms with Crippen molar-refractivity contribution in [2.75, 3.05) is 27.3 Å². The van der Waals surface area contributed by atoms with Gasteiger partial charge in [-0.1, -0.05) is 109 Å². The highest BCUT2D eigenvalue weighted by Crippen LogP contribution is 2.37. The van der Waals surface area contributed by atoms with Crippen molar-refractivity contribution < 1.29 is 18.9 Å². The molecular formula is C52H50N2O4. The largest absolute Gasteiger partial charge is 0.493 e. The van der Waals surface area contributed by atoms with Crippen LogP contribution in [0.4, 0.5) is 0 Å². The van der Waals surface area contributed by atoms with Crippen LogP contribution in [0.1, 0.15) is 61.7 Å². The summed E-state index contributed by atoms with van der Waals surface area (Å²) in [6, 6.07) is 42.4. The van der Waals surface area contributed by atoms with Crippen molar-refractivity contribution in [2.24, 2.45) is 4.99 Å². The molecule has 2 aliphatic rings. The maximum Gasteiger partial charge on any atom is 0.161 e. The number of methoxy groups -OCH3 is 2. The number of hydrogen-bond donors (Lipinski definition) is 1. The smallest absolute Gasteiger partial charge is 0.161 e. The second kappa shape index (κ2) is 17.8. The molecule has 8 rings (SSSR count). The first-order valence-corrected chi connectivity index (χ1v) is 20.1. The number of nitrogens with zero attached hydrogens (tertiary/aromatic N) is 1. The Morgan fingerprint density at radius 2 is 1.31 bits per heavy atom. The number of benzene rings is 6. The molecule has 1 atom stereocenters. The molecule has 0 fully saturated rings. The minimum atomic E-state index is 0.106. The molecule has 0 aromatic heterocycles. The zero-order chi connectivity index (χ0) is 39.8. The lowest BCUT2D eigenvalue weighted by atomic mass is 9.92. The van der Waals surface area contributed by atoms with E-state index >= 15 is 0 Å². The average Bonchev–Trinajstić information content (AvgIpc) is 3.26. The summed E-state index contributed by atoms with van der Waals surface area (Å²) in [5.74, 6) is 2.97. The van der Waals surface area contributed by atoms with Crippen molar-refractivity contribution in [3.8, 4) is 34.1 Å². The Bertz CT molecular complexity index is 2500. The number of ether oxygens (including phenoxy) is 4. The first-order valence-electron chi connectivity index (χ1n) is 20.1. The first kappa shape index (κ1) is 38.5. The van der Waals surface area contributed by atoms with E-state index in [2.05, 4.69) is 147 Å². The lowest BCUT2D eigenvalue weighted by molar-refractivity contribution is 0.283. The normalized spacial score (nSPS) is 14.8. The summed E-state index contributed by atoms with van der Waals surface area (Å²) < 4.78 is 24.3. The average molecular weight is 767 g/mol. The Morgan fingerprint density at radius 1 is 0.603 bits per heavy atom. The quantitative estimate of drug-likeness (QED) is 0.127. The maximum absolute atomic E-state index is 6.46. The van der Waals surface area contributed by atoms with E-state index in [1.807, 2.05) is 18.2 Å². The minimum Gasteiger partial charge on any atom is -0.493 e. The summed E-state index contributed by atoms with van der Waals surface area (Å²) >= 11 is 0. The Labute approximate surface area is 342 Å². The van der Waals surface area contributed by atoms with E-state index in [0.29, 0.717) is 19.0 Å². The fourth-order valence-corrected chi connectivity index (χ4v) is 7.81. The van der Waals surface area contributed by atoms with E-state index in [-0.39, 0.29) is 6.04 Å². The van der Waals surface area contributed by atoms with Gasteiger partial charge in [0.1, 0.15) is 13.2 Å². The van der Waals surface area contributed by atoms with Crippen LogP contribution in [-0.2, 0) is 26.1 Å². The van der Waals surface area contributed by atoms with Crippen LogP contribution in [0.3, 0.4) is 0 Å². The van der Waals surface area contributed by atoms with Gasteiger partial charge in [-0.3, -0.25) is 4.99 Å².